The highest BCUT2D eigenvalue weighted by Crippen LogP contribution is 2.38. The van der Waals surface area contributed by atoms with Crippen molar-refractivity contribution in [2.75, 3.05) is 6.54 Å². The number of primary amides is 1. The lowest BCUT2D eigenvalue weighted by molar-refractivity contribution is -0.274. The first-order valence-electron chi connectivity index (χ1n) is 8.10. The molecule has 0 spiro atoms. The van der Waals surface area contributed by atoms with E-state index >= 15 is 0 Å². The van der Waals surface area contributed by atoms with Crippen molar-refractivity contribution < 1.29 is 49.8 Å². The summed E-state index contributed by atoms with van der Waals surface area (Å²) < 4.78 is 89.0. The zero-order valence-corrected chi connectivity index (χ0v) is 15.6. The summed E-state index contributed by atoms with van der Waals surface area (Å²) in [7, 11) is 0. The van der Waals surface area contributed by atoms with Crippen LogP contribution < -0.4 is 10.5 Å². The Morgan fingerprint density at radius 1 is 1.29 bits per heavy atom. The molecule has 8 nitrogen and oxygen atoms in total. The molecule has 168 valence electrons. The zero-order valence-electron chi connectivity index (χ0n) is 14.8. The van der Waals surface area contributed by atoms with Crippen molar-refractivity contribution in [1.82, 2.24) is 9.88 Å². The zero-order chi connectivity index (χ0) is 23.1. The van der Waals surface area contributed by atoms with Crippen molar-refractivity contribution in [3.05, 3.63) is 46.6 Å². The van der Waals surface area contributed by atoms with Gasteiger partial charge in [0.1, 0.15) is 23.7 Å². The number of cyclic esters (lactones) is 1. The molecule has 1 aliphatic heterocycles. The molecule has 2 heterocycles. The second-order valence-corrected chi connectivity index (χ2v) is 6.55. The van der Waals surface area contributed by atoms with Gasteiger partial charge in [-0.15, -0.1) is 13.2 Å². The molecule has 2 atom stereocenters. The van der Waals surface area contributed by atoms with Crippen molar-refractivity contribution >= 4 is 23.6 Å². The minimum atomic E-state index is -5.05. The van der Waals surface area contributed by atoms with Gasteiger partial charge in [-0.3, -0.25) is 9.69 Å². The second kappa shape index (κ2) is 7.83. The Morgan fingerprint density at radius 2 is 1.97 bits per heavy atom. The van der Waals surface area contributed by atoms with Crippen LogP contribution in [0.3, 0.4) is 0 Å². The van der Waals surface area contributed by atoms with E-state index in [-0.39, 0.29) is 5.56 Å². The molecular formula is C16H10ClF6N3O5. The third-order valence-electron chi connectivity index (χ3n) is 4.01. The van der Waals surface area contributed by atoms with Gasteiger partial charge < -0.3 is 19.6 Å². The van der Waals surface area contributed by atoms with Crippen LogP contribution in [0.2, 0.25) is 5.02 Å². The average molecular weight is 474 g/mol. The molecule has 1 saturated heterocycles. The largest absolute Gasteiger partial charge is 0.573 e. The number of carbonyl (C=O) groups excluding carboxylic acids is 2. The third-order valence-corrected chi connectivity index (χ3v) is 4.31. The van der Waals surface area contributed by atoms with Gasteiger partial charge in [-0.2, -0.15) is 13.2 Å². The van der Waals surface area contributed by atoms with Crippen LogP contribution >= 0.6 is 11.6 Å². The number of halogens is 7. The molecule has 0 bridgehead atoms. The van der Waals surface area contributed by atoms with E-state index in [1.54, 1.807) is 0 Å². The molecule has 1 aromatic heterocycles. The first-order chi connectivity index (χ1) is 14.3. The molecule has 31 heavy (non-hydrogen) atoms. The van der Waals surface area contributed by atoms with E-state index in [0.29, 0.717) is 6.26 Å². The number of hydrogen-bond acceptors (Lipinski definition) is 6. The van der Waals surface area contributed by atoms with Gasteiger partial charge in [-0.1, -0.05) is 17.7 Å². The number of amides is 2. The van der Waals surface area contributed by atoms with E-state index < -0.39 is 65.6 Å². The quantitative estimate of drug-likeness (QED) is 0.664. The number of oxazole rings is 1. The summed E-state index contributed by atoms with van der Waals surface area (Å²) in [6, 6.07) is 1.29. The number of hydrogen-bond donors (Lipinski definition) is 1. The lowest BCUT2D eigenvalue weighted by Crippen LogP contribution is -2.35. The molecule has 1 unspecified atom stereocenters. The van der Waals surface area contributed by atoms with Gasteiger partial charge in [0.15, 0.2) is 6.10 Å². The number of carbonyl (C=O) groups is 2. The first kappa shape index (κ1) is 22.5. The maximum absolute atomic E-state index is 12.9. The standard InChI is InChI=1S/C16H10ClF6N3O5/c17-7-3-6(1-2-9(7)31-16(21,22)23)11(8-5-29-13(25-8)15(18,19)20)26-4-10(12(24)27)30-14(26)28/h1-3,5,10-11H,4H2,(H2,24,27)/t10?,11-/m1/s1. The average Bonchev–Trinajstić information content (AvgIpc) is 3.24. The minimum Gasteiger partial charge on any atom is -0.441 e. The normalized spacial score (nSPS) is 18.1. The number of aromatic nitrogens is 1. The summed E-state index contributed by atoms with van der Waals surface area (Å²) in [6.45, 7) is -0.467. The minimum absolute atomic E-state index is 0.0661. The molecule has 2 aromatic rings. The Labute approximate surface area is 173 Å². The van der Waals surface area contributed by atoms with Gasteiger partial charge in [-0.05, 0) is 17.7 Å². The molecular weight excluding hydrogens is 464 g/mol. The lowest BCUT2D eigenvalue weighted by atomic mass is 10.0. The number of ether oxygens (including phenoxy) is 2. The summed E-state index contributed by atoms with van der Waals surface area (Å²) >= 11 is 5.81. The van der Waals surface area contributed by atoms with Crippen LogP contribution in [0.4, 0.5) is 31.1 Å². The van der Waals surface area contributed by atoms with Crippen molar-refractivity contribution in [1.29, 1.82) is 0 Å². The van der Waals surface area contributed by atoms with Crippen LogP contribution in [-0.2, 0) is 15.7 Å². The number of rotatable bonds is 5. The molecule has 0 aliphatic carbocycles. The fourth-order valence-electron chi connectivity index (χ4n) is 2.79. The van der Waals surface area contributed by atoms with Crippen molar-refractivity contribution in [2.24, 2.45) is 5.73 Å². The van der Waals surface area contributed by atoms with Gasteiger partial charge in [0.2, 0.25) is 0 Å². The predicted molar refractivity (Wildman–Crippen MR) is 87.7 cm³/mol. The number of nitrogens with two attached hydrogens (primary N) is 1. The van der Waals surface area contributed by atoms with Gasteiger partial charge >= 0.3 is 24.5 Å². The second-order valence-electron chi connectivity index (χ2n) is 6.14. The SMILES string of the molecule is NC(=O)C1CN([C@H](c2ccc(OC(F)(F)F)c(Cl)c2)c2coc(C(F)(F)F)n2)C(=O)O1. The number of benzene rings is 1. The fourth-order valence-corrected chi connectivity index (χ4v) is 3.01. The fraction of sp³-hybridized carbons (Fsp3) is 0.312. The van der Waals surface area contributed by atoms with Gasteiger partial charge in [0.05, 0.1) is 11.6 Å². The summed E-state index contributed by atoms with van der Waals surface area (Å²) in [6.07, 6.45) is -11.9. The van der Waals surface area contributed by atoms with E-state index in [2.05, 4.69) is 14.1 Å². The predicted octanol–water partition coefficient (Wildman–Crippen LogP) is 3.64. The Morgan fingerprint density at radius 3 is 2.45 bits per heavy atom. The first-order valence-corrected chi connectivity index (χ1v) is 8.48. The Hall–Kier alpha value is -3.16. The van der Waals surface area contributed by atoms with Crippen molar-refractivity contribution in [2.45, 2.75) is 24.7 Å². The molecule has 2 amide bonds. The van der Waals surface area contributed by atoms with Gasteiger partial charge in [0, 0.05) is 0 Å². The smallest absolute Gasteiger partial charge is 0.441 e. The monoisotopic (exact) mass is 473 g/mol. The topological polar surface area (TPSA) is 108 Å². The van der Waals surface area contributed by atoms with E-state index in [1.165, 1.54) is 0 Å². The Kier molecular flexibility index (Phi) is 5.69. The molecule has 1 aromatic carbocycles. The Balaban J connectivity index is 2.04. The summed E-state index contributed by atoms with van der Waals surface area (Å²) in [5, 5.41) is -0.557. The third kappa shape index (κ3) is 4.95. The summed E-state index contributed by atoms with van der Waals surface area (Å²) in [4.78, 5) is 27.7. The molecule has 0 saturated carbocycles. The van der Waals surface area contributed by atoms with Crippen LogP contribution in [0.15, 0.2) is 28.9 Å². The van der Waals surface area contributed by atoms with E-state index in [1.807, 2.05) is 0 Å². The van der Waals surface area contributed by atoms with Crippen LogP contribution in [0.5, 0.6) is 5.75 Å². The summed E-state index contributed by atoms with van der Waals surface area (Å²) in [5.41, 5.74) is 4.58. The van der Waals surface area contributed by atoms with Crippen molar-refractivity contribution in [3.8, 4) is 5.75 Å². The van der Waals surface area contributed by atoms with E-state index in [4.69, 9.17) is 22.1 Å². The highest BCUT2D eigenvalue weighted by molar-refractivity contribution is 6.32. The van der Waals surface area contributed by atoms with Crippen molar-refractivity contribution in [3.63, 3.8) is 0 Å². The number of nitrogens with zero attached hydrogens (tertiary/aromatic N) is 2. The van der Waals surface area contributed by atoms with E-state index in [0.717, 1.165) is 23.1 Å². The van der Waals surface area contributed by atoms with Gasteiger partial charge in [0.25, 0.3) is 5.91 Å². The molecule has 3 rings (SSSR count). The molecule has 15 heteroatoms. The molecule has 1 fully saturated rings. The summed E-state index contributed by atoms with van der Waals surface area (Å²) in [5.74, 6) is -3.43. The van der Waals surface area contributed by atoms with Crippen LogP contribution in [0.25, 0.3) is 0 Å². The molecule has 1 aliphatic rings. The molecule has 0 radical (unpaired) electrons. The Bertz CT molecular complexity index is 1010. The maximum Gasteiger partial charge on any atom is 0.573 e. The maximum atomic E-state index is 12.9. The van der Waals surface area contributed by atoms with Crippen LogP contribution in [-0.4, -0.2) is 40.9 Å². The van der Waals surface area contributed by atoms with Gasteiger partial charge in [-0.25, -0.2) is 9.78 Å². The highest BCUT2D eigenvalue weighted by atomic mass is 35.5. The van der Waals surface area contributed by atoms with E-state index in [9.17, 15) is 35.9 Å². The highest BCUT2D eigenvalue weighted by Gasteiger charge is 2.43. The number of alkyl halides is 6. The molecule has 2 N–H and O–H groups in total. The van der Waals surface area contributed by atoms with Crippen LogP contribution in [0, 0.1) is 0 Å². The van der Waals surface area contributed by atoms with Crippen LogP contribution in [0.1, 0.15) is 23.2 Å². The lowest BCUT2D eigenvalue weighted by Gasteiger charge is -2.25.